The largest absolute Gasteiger partial charge is 0.494 e. The molecule has 1 heterocycles. The molecule has 0 aliphatic carbocycles. The Kier molecular flexibility index (Phi) is 6.94. The van der Waals surface area contributed by atoms with Crippen LogP contribution >= 0.6 is 0 Å². The zero-order valence-electron chi connectivity index (χ0n) is 16.9. The number of hydrogen-bond acceptors (Lipinski definition) is 4. The minimum absolute atomic E-state index is 0.00583. The van der Waals surface area contributed by atoms with Crippen molar-refractivity contribution < 1.29 is 19.1 Å². The molecule has 1 saturated heterocycles. The van der Waals surface area contributed by atoms with E-state index in [2.05, 4.69) is 5.32 Å². The van der Waals surface area contributed by atoms with Crippen molar-refractivity contribution in [3.05, 3.63) is 54.1 Å². The molecule has 0 bridgehead atoms. The maximum atomic E-state index is 12.8. The Morgan fingerprint density at radius 1 is 0.897 bits per heavy atom. The molecule has 0 spiro atoms. The van der Waals surface area contributed by atoms with Crippen molar-refractivity contribution in [2.24, 2.45) is 0 Å². The van der Waals surface area contributed by atoms with Crippen molar-refractivity contribution in [2.75, 3.05) is 44.7 Å². The molecule has 3 rings (SSSR count). The number of nitrogens with one attached hydrogen (secondary N) is 1. The molecule has 29 heavy (non-hydrogen) atoms. The molecule has 3 amide bonds. The average molecular weight is 397 g/mol. The number of ether oxygens (including phenoxy) is 2. The number of carbonyl (C=O) groups is 2. The van der Waals surface area contributed by atoms with Crippen LogP contribution in [0.25, 0.3) is 0 Å². The summed E-state index contributed by atoms with van der Waals surface area (Å²) in [5.41, 5.74) is 1.24. The standard InChI is InChI=1S/C22H27N3O4/c1-3-28-18-10-11-20(29-4-2)19(16-18)23-22(27)25-14-12-24(13-15-25)21(26)17-8-6-5-7-9-17/h5-11,16H,3-4,12-15H2,1-2H3,(H,23,27). The summed E-state index contributed by atoms with van der Waals surface area (Å²) in [4.78, 5) is 28.8. The molecule has 0 unspecified atom stereocenters. The number of benzene rings is 2. The van der Waals surface area contributed by atoms with E-state index in [0.717, 1.165) is 0 Å². The summed E-state index contributed by atoms with van der Waals surface area (Å²) >= 11 is 0. The van der Waals surface area contributed by atoms with Gasteiger partial charge in [0.15, 0.2) is 0 Å². The number of amides is 3. The summed E-state index contributed by atoms with van der Waals surface area (Å²) in [6.45, 7) is 6.78. The number of piperazine rings is 1. The predicted molar refractivity (Wildman–Crippen MR) is 112 cm³/mol. The van der Waals surface area contributed by atoms with E-state index in [1.165, 1.54) is 0 Å². The van der Waals surface area contributed by atoms with Gasteiger partial charge in [-0.3, -0.25) is 4.79 Å². The van der Waals surface area contributed by atoms with Crippen molar-refractivity contribution in [2.45, 2.75) is 13.8 Å². The molecular formula is C22H27N3O4. The van der Waals surface area contributed by atoms with Crippen molar-refractivity contribution >= 4 is 17.6 Å². The lowest BCUT2D eigenvalue weighted by Gasteiger charge is -2.34. The first-order valence-electron chi connectivity index (χ1n) is 9.92. The van der Waals surface area contributed by atoms with Crippen LogP contribution in [0.4, 0.5) is 10.5 Å². The van der Waals surface area contributed by atoms with Gasteiger partial charge < -0.3 is 24.6 Å². The molecule has 1 aliphatic heterocycles. The van der Waals surface area contributed by atoms with Gasteiger partial charge in [-0.05, 0) is 38.1 Å². The van der Waals surface area contributed by atoms with E-state index < -0.39 is 0 Å². The third-order valence-electron chi connectivity index (χ3n) is 4.68. The van der Waals surface area contributed by atoms with Gasteiger partial charge >= 0.3 is 6.03 Å². The Labute approximate surface area is 171 Å². The SMILES string of the molecule is CCOc1ccc(OCC)c(NC(=O)N2CCN(C(=O)c3ccccc3)CC2)c1. The second-order valence-corrected chi connectivity index (χ2v) is 6.60. The summed E-state index contributed by atoms with van der Waals surface area (Å²) < 4.78 is 11.1. The van der Waals surface area contributed by atoms with Gasteiger partial charge in [0.1, 0.15) is 11.5 Å². The highest BCUT2D eigenvalue weighted by atomic mass is 16.5. The van der Waals surface area contributed by atoms with E-state index in [9.17, 15) is 9.59 Å². The fraction of sp³-hybridized carbons (Fsp3) is 0.364. The molecule has 7 nitrogen and oxygen atoms in total. The van der Waals surface area contributed by atoms with Crippen LogP contribution in [-0.4, -0.2) is 61.1 Å². The fourth-order valence-corrected chi connectivity index (χ4v) is 3.21. The molecule has 2 aromatic carbocycles. The molecule has 2 aromatic rings. The second kappa shape index (κ2) is 9.82. The fourth-order valence-electron chi connectivity index (χ4n) is 3.21. The summed E-state index contributed by atoms with van der Waals surface area (Å²) in [5, 5.41) is 2.92. The maximum absolute atomic E-state index is 12.8. The highest BCUT2D eigenvalue weighted by molar-refractivity contribution is 5.95. The van der Waals surface area contributed by atoms with Crippen LogP contribution in [-0.2, 0) is 0 Å². The van der Waals surface area contributed by atoms with Gasteiger partial charge in [-0.2, -0.15) is 0 Å². The first-order valence-corrected chi connectivity index (χ1v) is 9.92. The first kappa shape index (κ1) is 20.5. The smallest absolute Gasteiger partial charge is 0.322 e. The molecular weight excluding hydrogens is 370 g/mol. The van der Waals surface area contributed by atoms with E-state index >= 15 is 0 Å². The van der Waals surface area contributed by atoms with Gasteiger partial charge in [-0.1, -0.05) is 18.2 Å². The number of nitrogens with zero attached hydrogens (tertiary/aromatic N) is 2. The van der Waals surface area contributed by atoms with Gasteiger partial charge in [-0.25, -0.2) is 4.79 Å². The van der Waals surface area contributed by atoms with Gasteiger partial charge in [-0.15, -0.1) is 0 Å². The molecule has 0 aromatic heterocycles. The molecule has 0 saturated carbocycles. The molecule has 1 N–H and O–H groups in total. The Balaban J connectivity index is 1.61. The lowest BCUT2D eigenvalue weighted by atomic mass is 10.2. The summed E-state index contributed by atoms with van der Waals surface area (Å²) in [6, 6.07) is 14.4. The van der Waals surface area contributed by atoms with Crippen molar-refractivity contribution in [1.29, 1.82) is 0 Å². The van der Waals surface area contributed by atoms with Crippen molar-refractivity contribution in [1.82, 2.24) is 9.80 Å². The molecule has 1 aliphatic rings. The maximum Gasteiger partial charge on any atom is 0.322 e. The first-order chi connectivity index (χ1) is 14.1. The van der Waals surface area contributed by atoms with Crippen LogP contribution in [0.3, 0.4) is 0 Å². The number of hydrogen-bond donors (Lipinski definition) is 1. The summed E-state index contributed by atoms with van der Waals surface area (Å²) in [5.74, 6) is 1.26. The van der Waals surface area contributed by atoms with Crippen LogP contribution < -0.4 is 14.8 Å². The van der Waals surface area contributed by atoms with E-state index in [1.807, 2.05) is 50.2 Å². The molecule has 0 radical (unpaired) electrons. The van der Waals surface area contributed by atoms with Gasteiger partial charge in [0.25, 0.3) is 5.91 Å². The van der Waals surface area contributed by atoms with Crippen LogP contribution in [0.5, 0.6) is 11.5 Å². The zero-order valence-corrected chi connectivity index (χ0v) is 16.9. The average Bonchev–Trinajstić information content (AvgIpc) is 2.76. The molecule has 7 heteroatoms. The van der Waals surface area contributed by atoms with E-state index in [0.29, 0.717) is 62.1 Å². The van der Waals surface area contributed by atoms with E-state index in [-0.39, 0.29) is 11.9 Å². The quantitative estimate of drug-likeness (QED) is 0.810. The normalized spacial score (nSPS) is 13.7. The third-order valence-corrected chi connectivity index (χ3v) is 4.68. The number of rotatable bonds is 6. The van der Waals surface area contributed by atoms with E-state index in [1.54, 1.807) is 21.9 Å². The van der Waals surface area contributed by atoms with Gasteiger partial charge in [0.05, 0.1) is 18.9 Å². The highest BCUT2D eigenvalue weighted by Crippen LogP contribution is 2.30. The molecule has 0 atom stereocenters. The van der Waals surface area contributed by atoms with Crippen molar-refractivity contribution in [3.8, 4) is 11.5 Å². The summed E-state index contributed by atoms with van der Waals surface area (Å²) in [7, 11) is 0. The topological polar surface area (TPSA) is 71.1 Å². The Morgan fingerprint density at radius 3 is 2.21 bits per heavy atom. The predicted octanol–water partition coefficient (Wildman–Crippen LogP) is 3.47. The Hall–Kier alpha value is -3.22. The third kappa shape index (κ3) is 5.19. The molecule has 154 valence electrons. The number of urea groups is 1. The lowest BCUT2D eigenvalue weighted by molar-refractivity contribution is 0.0671. The summed E-state index contributed by atoms with van der Waals surface area (Å²) in [6.07, 6.45) is 0. The van der Waals surface area contributed by atoms with Crippen LogP contribution in [0.15, 0.2) is 48.5 Å². The van der Waals surface area contributed by atoms with Gasteiger partial charge in [0.2, 0.25) is 0 Å². The number of carbonyl (C=O) groups excluding carboxylic acids is 2. The second-order valence-electron chi connectivity index (χ2n) is 6.60. The van der Waals surface area contributed by atoms with Crippen LogP contribution in [0.2, 0.25) is 0 Å². The molecule has 1 fully saturated rings. The minimum atomic E-state index is -0.216. The lowest BCUT2D eigenvalue weighted by Crippen LogP contribution is -2.51. The minimum Gasteiger partial charge on any atom is -0.494 e. The monoisotopic (exact) mass is 397 g/mol. The highest BCUT2D eigenvalue weighted by Gasteiger charge is 2.25. The van der Waals surface area contributed by atoms with Crippen LogP contribution in [0, 0.1) is 0 Å². The zero-order chi connectivity index (χ0) is 20.6. The van der Waals surface area contributed by atoms with Gasteiger partial charge in [0, 0.05) is 37.8 Å². The van der Waals surface area contributed by atoms with E-state index in [4.69, 9.17) is 9.47 Å². The number of anilines is 1. The Bertz CT molecular complexity index is 833. The Morgan fingerprint density at radius 2 is 1.55 bits per heavy atom. The van der Waals surface area contributed by atoms with Crippen molar-refractivity contribution in [3.63, 3.8) is 0 Å². The van der Waals surface area contributed by atoms with Crippen LogP contribution in [0.1, 0.15) is 24.2 Å².